The van der Waals surface area contributed by atoms with Gasteiger partial charge in [-0.25, -0.2) is 0 Å². The van der Waals surface area contributed by atoms with Crippen molar-refractivity contribution in [3.63, 3.8) is 0 Å². The number of aliphatic carboxylic acids is 1. The van der Waals surface area contributed by atoms with Crippen LogP contribution in [0.2, 0.25) is 0 Å². The molecule has 1 aliphatic rings. The van der Waals surface area contributed by atoms with Crippen molar-refractivity contribution >= 4 is 19.7 Å². The first-order valence-corrected chi connectivity index (χ1v) is 13.5. The lowest BCUT2D eigenvalue weighted by Gasteiger charge is -2.34. The van der Waals surface area contributed by atoms with Crippen LogP contribution in [0.1, 0.15) is 47.5 Å². The smallest absolute Gasteiger partial charge is 0.303 e. The molecule has 2 radical (unpaired) electrons. The molecule has 0 saturated carbocycles. The van der Waals surface area contributed by atoms with Crippen LogP contribution in [0.4, 0.5) is 0 Å². The maximum Gasteiger partial charge on any atom is 0.303 e. The molecule has 2 heterocycles. The highest BCUT2D eigenvalue weighted by Gasteiger charge is 2.26. The molecule has 9 heteroatoms. The number of nitrogens with zero attached hydrogens (tertiary/aromatic N) is 2. The summed E-state index contributed by atoms with van der Waals surface area (Å²) in [5, 5.41) is 8.82. The van der Waals surface area contributed by atoms with Crippen molar-refractivity contribution < 1.29 is 28.6 Å². The van der Waals surface area contributed by atoms with Crippen molar-refractivity contribution in [2.75, 3.05) is 46.0 Å². The first kappa shape index (κ1) is 28.5. The third kappa shape index (κ3) is 8.21. The first-order chi connectivity index (χ1) is 19.0. The fourth-order valence-corrected chi connectivity index (χ4v) is 4.59. The first-order valence-electron chi connectivity index (χ1n) is 13.5. The molecule has 1 amide bonds. The number of para-hydroxylation sites is 1. The average Bonchev–Trinajstić information content (AvgIpc) is 3.51. The zero-order valence-corrected chi connectivity index (χ0v) is 22.2. The number of amides is 1. The molecule has 1 atom stereocenters. The van der Waals surface area contributed by atoms with E-state index >= 15 is 0 Å². The molecule has 0 spiro atoms. The zero-order chi connectivity index (χ0) is 27.5. The molecule has 1 aliphatic heterocycles. The van der Waals surface area contributed by atoms with Gasteiger partial charge in [0, 0.05) is 55.2 Å². The van der Waals surface area contributed by atoms with Gasteiger partial charge < -0.3 is 23.9 Å². The van der Waals surface area contributed by atoms with Crippen LogP contribution in [0.25, 0.3) is 11.3 Å². The van der Waals surface area contributed by atoms with Gasteiger partial charge in [0.15, 0.2) is 0 Å². The topological polar surface area (TPSA) is 92.5 Å². The zero-order valence-electron chi connectivity index (χ0n) is 22.2. The molecule has 0 bridgehead atoms. The number of carbonyl (C=O) groups is 2. The number of unbranched alkanes of at least 4 members (excludes halogenated alkanes) is 2. The monoisotopic (exact) mass is 530 g/mol. The van der Waals surface area contributed by atoms with Crippen LogP contribution in [-0.2, 0) is 9.53 Å². The molecule has 1 saturated heterocycles. The van der Waals surface area contributed by atoms with E-state index in [1.165, 1.54) is 0 Å². The summed E-state index contributed by atoms with van der Waals surface area (Å²) in [6.45, 7) is 4.56. The molecule has 4 rings (SSSR count). The van der Waals surface area contributed by atoms with Crippen LogP contribution in [0, 0.1) is 0 Å². The van der Waals surface area contributed by atoms with E-state index < -0.39 is 11.9 Å². The Bertz CT molecular complexity index is 1180. The molecule has 39 heavy (non-hydrogen) atoms. The molecule has 2 aromatic carbocycles. The number of morpholine rings is 1. The fraction of sp³-hybridized carbons (Fsp3) is 0.400. The Labute approximate surface area is 230 Å². The van der Waals surface area contributed by atoms with Crippen LogP contribution in [-0.4, -0.2) is 80.6 Å². The minimum Gasteiger partial charge on any atom is -0.493 e. The highest BCUT2D eigenvalue weighted by Crippen LogP contribution is 2.29. The number of carbonyl (C=O) groups excluding carboxylic acids is 1. The largest absolute Gasteiger partial charge is 0.493 e. The molecule has 1 fully saturated rings. The predicted molar refractivity (Wildman–Crippen MR) is 149 cm³/mol. The number of hydrogen-bond acceptors (Lipinski definition) is 6. The molecule has 8 nitrogen and oxygen atoms in total. The number of furan rings is 1. The second-order valence-electron chi connectivity index (χ2n) is 9.54. The minimum atomic E-state index is -0.787. The number of hydrogen-bond donors (Lipinski definition) is 1. The van der Waals surface area contributed by atoms with Crippen LogP contribution in [0.3, 0.4) is 0 Å². The van der Waals surface area contributed by atoms with Crippen molar-refractivity contribution in [2.24, 2.45) is 0 Å². The van der Waals surface area contributed by atoms with Gasteiger partial charge in [0.25, 0.3) is 5.91 Å². The Morgan fingerprint density at radius 2 is 1.77 bits per heavy atom. The van der Waals surface area contributed by atoms with Gasteiger partial charge in [-0.05, 0) is 49.6 Å². The van der Waals surface area contributed by atoms with E-state index in [-0.39, 0.29) is 12.3 Å². The fourth-order valence-electron chi connectivity index (χ4n) is 4.59. The standard InChI is InChI=1S/C30H35BN2O6/c31-29(25-7-3-4-8-27(25)39-19-5-1-2-10-28(34)35)33(16-15-32-17-21-37-22-18-32)30(36)24-13-11-23(12-14-24)26-9-6-20-38-26/h3-4,6-9,11-14,20,29H,1-2,5,10,15-19,21-22H2,(H,34,35). The molecule has 1 N–H and O–H groups in total. The number of rotatable bonds is 14. The van der Waals surface area contributed by atoms with Crippen LogP contribution in [0.15, 0.2) is 71.3 Å². The van der Waals surface area contributed by atoms with Gasteiger partial charge in [-0.1, -0.05) is 30.3 Å². The summed E-state index contributed by atoms with van der Waals surface area (Å²) in [5.74, 6) is -0.300. The lowest BCUT2D eigenvalue weighted by Crippen LogP contribution is -2.44. The van der Waals surface area contributed by atoms with Gasteiger partial charge in [-0.2, -0.15) is 0 Å². The van der Waals surface area contributed by atoms with Crippen molar-refractivity contribution in [1.82, 2.24) is 9.80 Å². The summed E-state index contributed by atoms with van der Waals surface area (Å²) in [4.78, 5) is 28.5. The number of carboxylic acids is 1. The highest BCUT2D eigenvalue weighted by atomic mass is 16.5. The van der Waals surface area contributed by atoms with Gasteiger partial charge in [0.2, 0.25) is 0 Å². The molecule has 1 aromatic heterocycles. The van der Waals surface area contributed by atoms with Crippen molar-refractivity contribution in [2.45, 2.75) is 31.6 Å². The van der Waals surface area contributed by atoms with Gasteiger partial charge >= 0.3 is 5.97 Å². The maximum atomic E-state index is 13.8. The van der Waals surface area contributed by atoms with Crippen LogP contribution < -0.4 is 4.74 Å². The van der Waals surface area contributed by atoms with Gasteiger partial charge in [0.1, 0.15) is 19.4 Å². The van der Waals surface area contributed by atoms with E-state index in [9.17, 15) is 9.59 Å². The summed E-state index contributed by atoms with van der Waals surface area (Å²) in [6, 6.07) is 18.6. The summed E-state index contributed by atoms with van der Waals surface area (Å²) < 4.78 is 17.0. The van der Waals surface area contributed by atoms with E-state index in [1.807, 2.05) is 48.5 Å². The second-order valence-corrected chi connectivity index (χ2v) is 9.54. The van der Waals surface area contributed by atoms with Crippen molar-refractivity contribution in [3.05, 3.63) is 78.1 Å². The van der Waals surface area contributed by atoms with E-state index in [1.54, 1.807) is 23.3 Å². The molecular formula is C30H35BN2O6. The van der Waals surface area contributed by atoms with E-state index in [4.69, 9.17) is 26.8 Å². The van der Waals surface area contributed by atoms with Crippen LogP contribution in [0.5, 0.6) is 5.75 Å². The Morgan fingerprint density at radius 3 is 2.49 bits per heavy atom. The minimum absolute atomic E-state index is 0.157. The summed E-state index contributed by atoms with van der Waals surface area (Å²) in [5.41, 5.74) is 2.16. The van der Waals surface area contributed by atoms with Crippen molar-refractivity contribution in [1.29, 1.82) is 0 Å². The molecule has 1 unspecified atom stereocenters. The molecule has 204 valence electrons. The third-order valence-electron chi connectivity index (χ3n) is 6.83. The highest BCUT2D eigenvalue weighted by molar-refractivity contribution is 6.14. The maximum absolute atomic E-state index is 13.8. The Morgan fingerprint density at radius 1 is 1.00 bits per heavy atom. The molecular weight excluding hydrogens is 495 g/mol. The summed E-state index contributed by atoms with van der Waals surface area (Å²) >= 11 is 0. The third-order valence-corrected chi connectivity index (χ3v) is 6.83. The Balaban J connectivity index is 1.48. The Kier molecular flexibility index (Phi) is 10.6. The quantitative estimate of drug-likeness (QED) is 0.240. The summed E-state index contributed by atoms with van der Waals surface area (Å²) in [6.07, 6.45) is 3.89. The van der Waals surface area contributed by atoms with Gasteiger partial charge in [-0.15, -0.1) is 0 Å². The average molecular weight is 530 g/mol. The number of carboxylic acid groups (broad SMARTS) is 1. The Hall–Kier alpha value is -3.56. The van der Waals surface area contributed by atoms with Gasteiger partial charge in [-0.3, -0.25) is 14.5 Å². The van der Waals surface area contributed by atoms with Crippen molar-refractivity contribution in [3.8, 4) is 17.1 Å². The molecule has 3 aromatic rings. The van der Waals surface area contributed by atoms with E-state index in [2.05, 4.69) is 4.90 Å². The van der Waals surface area contributed by atoms with Crippen LogP contribution >= 0.6 is 0 Å². The lowest BCUT2D eigenvalue weighted by molar-refractivity contribution is -0.137. The van der Waals surface area contributed by atoms with E-state index in [0.29, 0.717) is 50.6 Å². The van der Waals surface area contributed by atoms with Gasteiger partial charge in [0.05, 0.1) is 26.1 Å². The predicted octanol–water partition coefficient (Wildman–Crippen LogP) is 4.61. The lowest BCUT2D eigenvalue weighted by atomic mass is 9.86. The normalized spacial score (nSPS) is 14.6. The number of ether oxygens (including phenoxy) is 2. The summed E-state index contributed by atoms with van der Waals surface area (Å²) in [7, 11) is 6.79. The SMILES string of the molecule is [B]C(c1ccccc1OCCCCCC(=O)O)N(CCN1CCOCC1)C(=O)c1ccc(-c2ccco2)cc1. The van der Waals surface area contributed by atoms with E-state index in [0.717, 1.165) is 42.8 Å². The number of benzene rings is 2. The second kappa shape index (κ2) is 14.6. The molecule has 0 aliphatic carbocycles.